The molecule has 6 nitrogen and oxygen atoms in total. The molecule has 0 aliphatic carbocycles. The number of nitrogens with one attached hydrogen (secondary N) is 2. The second-order valence-electron chi connectivity index (χ2n) is 7.90. The molecule has 0 saturated heterocycles. The lowest BCUT2D eigenvalue weighted by atomic mass is 9.91. The molecule has 5 rings (SSSR count). The molecule has 0 radical (unpaired) electrons. The molecule has 4 aromatic rings. The topological polar surface area (TPSA) is 91.6 Å². The fraction of sp³-hybridized carbons (Fsp3) is 0.0769. The summed E-state index contributed by atoms with van der Waals surface area (Å²) in [7, 11) is -3.73. The summed E-state index contributed by atoms with van der Waals surface area (Å²) in [5.41, 5.74) is 3.67. The van der Waals surface area contributed by atoms with E-state index in [1.807, 2.05) is 18.2 Å². The minimum absolute atomic E-state index is 0.0965. The largest absolute Gasteiger partial charge is 0.472 e. The van der Waals surface area contributed by atoms with Gasteiger partial charge < -0.3 is 14.8 Å². The van der Waals surface area contributed by atoms with Crippen molar-refractivity contribution in [3.05, 3.63) is 114 Å². The Bertz CT molecular complexity index is 1460. The van der Waals surface area contributed by atoms with Crippen LogP contribution in [0.2, 0.25) is 0 Å². The third-order valence-electron chi connectivity index (χ3n) is 5.64. The van der Waals surface area contributed by atoms with Crippen molar-refractivity contribution < 1.29 is 22.3 Å². The van der Waals surface area contributed by atoms with Crippen molar-refractivity contribution in [1.29, 1.82) is 0 Å². The van der Waals surface area contributed by atoms with Gasteiger partial charge in [-0.15, -0.1) is 0 Å². The van der Waals surface area contributed by atoms with Crippen LogP contribution in [-0.2, 0) is 10.0 Å². The zero-order chi connectivity index (χ0) is 24.4. The molecule has 0 amide bonds. The normalized spacial score (nSPS) is 16.2. The zero-order valence-electron chi connectivity index (χ0n) is 18.3. The van der Waals surface area contributed by atoms with E-state index < -0.39 is 21.6 Å². The molecule has 35 heavy (non-hydrogen) atoms. The summed E-state index contributed by atoms with van der Waals surface area (Å²) in [6.45, 7) is 0. The molecular weight excluding hydrogens is 487 g/mol. The van der Waals surface area contributed by atoms with Crippen LogP contribution in [0.3, 0.4) is 0 Å². The number of furan rings is 1. The Morgan fingerprint density at radius 1 is 1.00 bits per heavy atom. The average Bonchev–Trinajstić information content (AvgIpc) is 3.58. The Kier molecular flexibility index (Phi) is 6.48. The van der Waals surface area contributed by atoms with Gasteiger partial charge >= 0.3 is 0 Å². The Hall–Kier alpha value is -3.37. The first-order chi connectivity index (χ1) is 16.9. The van der Waals surface area contributed by atoms with Gasteiger partial charge in [-0.05, 0) is 69.6 Å². The molecule has 2 atom stereocenters. The second-order valence-corrected chi connectivity index (χ2v) is 10.6. The van der Waals surface area contributed by atoms with Gasteiger partial charge in [-0.25, -0.2) is 12.8 Å². The highest BCUT2D eigenvalue weighted by atomic mass is 32.2. The fourth-order valence-electron chi connectivity index (χ4n) is 3.87. The van der Waals surface area contributed by atoms with E-state index >= 15 is 0 Å². The van der Waals surface area contributed by atoms with Crippen LogP contribution < -0.4 is 10.0 Å². The van der Waals surface area contributed by atoms with E-state index in [9.17, 15) is 17.9 Å². The fourth-order valence-corrected chi connectivity index (χ4v) is 5.93. The summed E-state index contributed by atoms with van der Waals surface area (Å²) in [6, 6.07) is 19.7. The lowest BCUT2D eigenvalue weighted by Crippen LogP contribution is -2.38. The van der Waals surface area contributed by atoms with Crippen LogP contribution in [0.1, 0.15) is 17.2 Å². The maximum Gasteiger partial charge on any atom is 0.242 e. The summed E-state index contributed by atoms with van der Waals surface area (Å²) in [6.07, 6.45) is 3.77. The molecule has 3 N–H and O–H groups in total. The van der Waals surface area contributed by atoms with E-state index in [1.54, 1.807) is 54.5 Å². The van der Waals surface area contributed by atoms with Gasteiger partial charge in [-0.3, -0.25) is 0 Å². The molecule has 0 spiro atoms. The van der Waals surface area contributed by atoms with Gasteiger partial charge in [0.05, 0.1) is 17.4 Å². The van der Waals surface area contributed by atoms with Gasteiger partial charge in [0.1, 0.15) is 17.4 Å². The number of halogens is 1. The van der Waals surface area contributed by atoms with Gasteiger partial charge in [0.2, 0.25) is 10.0 Å². The molecule has 0 saturated carbocycles. The quantitative estimate of drug-likeness (QED) is 0.318. The maximum atomic E-state index is 13.8. The number of rotatable bonds is 7. The van der Waals surface area contributed by atoms with Gasteiger partial charge in [-0.1, -0.05) is 48.2 Å². The number of aliphatic hydroxyl groups is 1. The summed E-state index contributed by atoms with van der Waals surface area (Å²) < 4.78 is 46.9. The predicted molar refractivity (Wildman–Crippen MR) is 134 cm³/mol. The number of hydrogen-bond donors (Lipinski definition) is 3. The van der Waals surface area contributed by atoms with Crippen LogP contribution in [0.25, 0.3) is 22.3 Å². The van der Waals surface area contributed by atoms with E-state index in [0.29, 0.717) is 16.7 Å². The highest BCUT2D eigenvalue weighted by molar-refractivity contribution is 8.03. The number of thioether (sulfide) groups is 1. The molecular formula is C26H21FN2O4S2. The summed E-state index contributed by atoms with van der Waals surface area (Å²) in [4.78, 5) is 0.0965. The highest BCUT2D eigenvalue weighted by Gasteiger charge is 2.22. The molecule has 0 bridgehead atoms. The van der Waals surface area contributed by atoms with Crippen LogP contribution in [0.5, 0.6) is 0 Å². The highest BCUT2D eigenvalue weighted by Crippen LogP contribution is 2.36. The molecule has 1 aliphatic heterocycles. The van der Waals surface area contributed by atoms with Crippen molar-refractivity contribution in [2.75, 3.05) is 0 Å². The Morgan fingerprint density at radius 2 is 1.80 bits per heavy atom. The van der Waals surface area contributed by atoms with E-state index in [4.69, 9.17) is 4.42 Å². The Balaban J connectivity index is 1.46. The van der Waals surface area contributed by atoms with Crippen molar-refractivity contribution in [2.45, 2.75) is 16.5 Å². The van der Waals surface area contributed by atoms with E-state index in [1.165, 1.54) is 36.0 Å². The molecule has 0 fully saturated rings. The third-order valence-corrected chi connectivity index (χ3v) is 8.04. The Morgan fingerprint density at radius 3 is 2.49 bits per heavy atom. The standard InChI is InChI=1S/C26H21FN2O4S2/c27-21-3-1-2-18(14-21)19-6-9-23(24(15-19)20-10-12-33-16-20)25(30)17-4-7-22(8-5-17)35(31,32)29-26-28-11-13-34-26/h1-16,25-26,28-30H. The monoisotopic (exact) mass is 508 g/mol. The maximum absolute atomic E-state index is 13.8. The van der Waals surface area contributed by atoms with E-state index in [-0.39, 0.29) is 10.7 Å². The number of benzene rings is 3. The van der Waals surface area contributed by atoms with Gasteiger partial charge in [0.25, 0.3) is 0 Å². The van der Waals surface area contributed by atoms with Crippen LogP contribution in [0.4, 0.5) is 4.39 Å². The van der Waals surface area contributed by atoms with Crippen LogP contribution in [-0.4, -0.2) is 19.0 Å². The molecule has 9 heteroatoms. The smallest absolute Gasteiger partial charge is 0.242 e. The van der Waals surface area contributed by atoms with Crippen molar-refractivity contribution in [3.8, 4) is 22.3 Å². The van der Waals surface area contributed by atoms with Crippen molar-refractivity contribution in [1.82, 2.24) is 10.0 Å². The molecule has 2 unspecified atom stereocenters. The van der Waals surface area contributed by atoms with Gasteiger partial charge in [0.15, 0.2) is 0 Å². The van der Waals surface area contributed by atoms with Crippen molar-refractivity contribution in [3.63, 3.8) is 0 Å². The minimum Gasteiger partial charge on any atom is -0.472 e. The van der Waals surface area contributed by atoms with E-state index in [2.05, 4.69) is 10.0 Å². The van der Waals surface area contributed by atoms with Gasteiger partial charge in [-0.2, -0.15) is 4.72 Å². The first kappa shape index (κ1) is 23.4. The van der Waals surface area contributed by atoms with Crippen LogP contribution in [0, 0.1) is 5.82 Å². The Labute approximate surface area is 206 Å². The first-order valence-corrected chi connectivity index (χ1v) is 13.1. The molecule has 178 valence electrons. The summed E-state index contributed by atoms with van der Waals surface area (Å²) in [5, 5.41) is 15.9. The third kappa shape index (κ3) is 5.03. The van der Waals surface area contributed by atoms with Crippen molar-refractivity contribution >= 4 is 21.8 Å². The lowest BCUT2D eigenvalue weighted by Gasteiger charge is -2.18. The number of sulfonamides is 1. The van der Waals surface area contributed by atoms with Crippen LogP contribution in [0.15, 0.2) is 106 Å². The van der Waals surface area contributed by atoms with E-state index in [0.717, 1.165) is 16.7 Å². The molecule has 1 aromatic heterocycles. The SMILES string of the molecule is O=S(=O)(NC1NC=CS1)c1ccc(C(O)c2ccc(-c3cccc(F)c3)cc2-c2ccoc2)cc1. The second kappa shape index (κ2) is 9.71. The molecule has 2 heterocycles. The molecule has 3 aromatic carbocycles. The summed E-state index contributed by atoms with van der Waals surface area (Å²) in [5.74, 6) is -0.334. The first-order valence-electron chi connectivity index (χ1n) is 10.7. The number of aliphatic hydroxyl groups excluding tert-OH is 1. The van der Waals surface area contributed by atoms with Crippen LogP contribution >= 0.6 is 11.8 Å². The zero-order valence-corrected chi connectivity index (χ0v) is 19.9. The predicted octanol–water partition coefficient (Wildman–Crippen LogP) is 5.20. The van der Waals surface area contributed by atoms with Gasteiger partial charge in [0, 0.05) is 11.8 Å². The minimum atomic E-state index is -3.73. The molecule has 1 aliphatic rings. The lowest BCUT2D eigenvalue weighted by molar-refractivity contribution is 0.221. The van der Waals surface area contributed by atoms with Crippen molar-refractivity contribution in [2.24, 2.45) is 0 Å². The average molecular weight is 509 g/mol. The summed E-state index contributed by atoms with van der Waals surface area (Å²) >= 11 is 1.32. The number of hydrogen-bond acceptors (Lipinski definition) is 6.